The number of nitrogens with zero attached hydrogens (tertiary/aromatic N) is 2. The van der Waals surface area contributed by atoms with Crippen molar-refractivity contribution in [3.63, 3.8) is 0 Å². The number of amides is 1. The number of likely N-dealkylation sites (N-methyl/N-ethyl adjacent to an activating group) is 1. The lowest BCUT2D eigenvalue weighted by Crippen LogP contribution is -2.39. The summed E-state index contributed by atoms with van der Waals surface area (Å²) < 4.78 is 38.3. The van der Waals surface area contributed by atoms with E-state index in [0.717, 1.165) is 11.3 Å². The van der Waals surface area contributed by atoms with Crippen molar-refractivity contribution < 1.29 is 27.9 Å². The second-order valence-electron chi connectivity index (χ2n) is 5.13. The van der Waals surface area contributed by atoms with E-state index in [-0.39, 0.29) is 13.1 Å². The van der Waals surface area contributed by atoms with Crippen LogP contribution in [0.15, 0.2) is 0 Å². The van der Waals surface area contributed by atoms with Crippen LogP contribution in [0.4, 0.5) is 13.2 Å². The van der Waals surface area contributed by atoms with E-state index in [0.29, 0.717) is 6.54 Å². The van der Waals surface area contributed by atoms with Crippen LogP contribution in [-0.2, 0) is 9.59 Å². The molecule has 5 nitrogen and oxygen atoms in total. The molecule has 0 aliphatic carbocycles. The molecule has 1 saturated heterocycles. The van der Waals surface area contributed by atoms with E-state index in [1.807, 2.05) is 6.92 Å². The van der Waals surface area contributed by atoms with Crippen LogP contribution in [0.5, 0.6) is 0 Å². The summed E-state index contributed by atoms with van der Waals surface area (Å²) in [4.78, 5) is 25.5. The molecule has 1 N–H and O–H groups in total. The van der Waals surface area contributed by atoms with E-state index in [1.165, 1.54) is 0 Å². The number of carbonyl (C=O) groups excluding carboxylic acids is 1. The largest absolute Gasteiger partial charge is 0.481 e. The minimum absolute atomic E-state index is 0.00472. The van der Waals surface area contributed by atoms with Crippen LogP contribution in [0.25, 0.3) is 0 Å². The molecule has 0 aromatic rings. The second kappa shape index (κ2) is 6.43. The van der Waals surface area contributed by atoms with E-state index >= 15 is 0 Å². The number of halogens is 3. The smallest absolute Gasteiger partial charge is 0.394 e. The average Bonchev–Trinajstić information content (AvgIpc) is 2.73. The Morgan fingerprint density at radius 2 is 1.95 bits per heavy atom. The van der Waals surface area contributed by atoms with Gasteiger partial charge in [-0.15, -0.1) is 0 Å². The minimum atomic E-state index is -4.60. The summed E-state index contributed by atoms with van der Waals surface area (Å²) in [5.74, 6) is -5.53. The van der Waals surface area contributed by atoms with E-state index in [1.54, 1.807) is 11.9 Å². The van der Waals surface area contributed by atoms with Gasteiger partial charge in [0.25, 0.3) is 0 Å². The Morgan fingerprint density at radius 3 is 2.35 bits per heavy atom. The highest BCUT2D eigenvalue weighted by Gasteiger charge is 2.53. The second-order valence-corrected chi connectivity index (χ2v) is 5.13. The first-order valence-electron chi connectivity index (χ1n) is 6.42. The highest BCUT2D eigenvalue weighted by atomic mass is 19.4. The van der Waals surface area contributed by atoms with E-state index < -0.39 is 36.4 Å². The highest BCUT2D eigenvalue weighted by molar-refractivity contribution is 5.80. The monoisotopic (exact) mass is 296 g/mol. The van der Waals surface area contributed by atoms with Gasteiger partial charge in [0.05, 0.1) is 18.4 Å². The van der Waals surface area contributed by atoms with Crippen LogP contribution >= 0.6 is 0 Å². The molecule has 0 aromatic heterocycles. The zero-order chi connectivity index (χ0) is 15.5. The first-order chi connectivity index (χ1) is 9.16. The summed E-state index contributed by atoms with van der Waals surface area (Å²) in [7, 11) is 1.70. The Kier molecular flexibility index (Phi) is 5.38. The molecular weight excluding hydrogens is 277 g/mol. The maximum Gasteiger partial charge on any atom is 0.394 e. The molecule has 0 aromatic carbocycles. The van der Waals surface area contributed by atoms with Crippen molar-refractivity contribution >= 4 is 11.9 Å². The molecule has 8 heteroatoms. The molecule has 0 spiro atoms. The Hall–Kier alpha value is -1.31. The number of rotatable bonds is 5. The molecule has 1 heterocycles. The zero-order valence-electron chi connectivity index (χ0n) is 11.5. The quantitative estimate of drug-likeness (QED) is 0.824. The number of hydrogen-bond donors (Lipinski definition) is 1. The fourth-order valence-electron chi connectivity index (χ4n) is 2.38. The van der Waals surface area contributed by atoms with Gasteiger partial charge in [-0.2, -0.15) is 13.2 Å². The molecule has 0 unspecified atom stereocenters. The van der Waals surface area contributed by atoms with Crippen LogP contribution in [-0.4, -0.2) is 66.2 Å². The minimum Gasteiger partial charge on any atom is -0.481 e. The third kappa shape index (κ3) is 4.09. The van der Waals surface area contributed by atoms with Crippen LogP contribution < -0.4 is 0 Å². The van der Waals surface area contributed by atoms with Crippen LogP contribution in [0.3, 0.4) is 0 Å². The highest BCUT2D eigenvalue weighted by Crippen LogP contribution is 2.37. The predicted molar refractivity (Wildman–Crippen MR) is 65.0 cm³/mol. The van der Waals surface area contributed by atoms with Crippen LogP contribution in [0.2, 0.25) is 0 Å². The summed E-state index contributed by atoms with van der Waals surface area (Å²) in [6.07, 6.45) is -3.78. The third-order valence-electron chi connectivity index (χ3n) is 3.42. The predicted octanol–water partition coefficient (Wildman–Crippen LogP) is 1.05. The maximum absolute atomic E-state index is 12.8. The molecule has 0 bridgehead atoms. The molecule has 0 saturated carbocycles. The molecule has 1 fully saturated rings. The number of carbonyl (C=O) groups is 2. The Labute approximate surface area is 115 Å². The van der Waals surface area contributed by atoms with Crippen LogP contribution in [0.1, 0.15) is 13.3 Å². The van der Waals surface area contributed by atoms with Gasteiger partial charge in [-0.3, -0.25) is 14.5 Å². The number of carboxylic acids is 1. The van der Waals surface area contributed by atoms with Gasteiger partial charge in [0.1, 0.15) is 0 Å². The van der Waals surface area contributed by atoms with Gasteiger partial charge in [0.2, 0.25) is 5.91 Å². The van der Waals surface area contributed by atoms with Gasteiger partial charge in [-0.05, 0) is 20.0 Å². The summed E-state index contributed by atoms with van der Waals surface area (Å²) in [5, 5.41) is 8.86. The first-order valence-corrected chi connectivity index (χ1v) is 6.42. The molecular formula is C12H19F3N2O3. The average molecular weight is 296 g/mol. The number of hydrogen-bond acceptors (Lipinski definition) is 3. The van der Waals surface area contributed by atoms with Gasteiger partial charge >= 0.3 is 12.1 Å². The lowest BCUT2D eigenvalue weighted by atomic mass is 9.96. The van der Waals surface area contributed by atoms with E-state index in [4.69, 9.17) is 5.11 Å². The molecule has 1 aliphatic rings. The first kappa shape index (κ1) is 16.7. The van der Waals surface area contributed by atoms with E-state index in [2.05, 4.69) is 0 Å². The lowest BCUT2D eigenvalue weighted by Gasteiger charge is -2.21. The molecule has 116 valence electrons. The van der Waals surface area contributed by atoms with E-state index in [9.17, 15) is 22.8 Å². The SMILES string of the molecule is CCCN(C)CC(=O)N1C[C@@H](C(F)(F)F)[C@H](C(=O)O)C1. The van der Waals surface area contributed by atoms with Gasteiger partial charge in [0.15, 0.2) is 0 Å². The van der Waals surface area contributed by atoms with Crippen molar-refractivity contribution in [2.24, 2.45) is 11.8 Å². The molecule has 2 atom stereocenters. The Bertz CT molecular complexity index is 373. The standard InChI is InChI=1S/C12H19F3N2O3/c1-3-4-16(2)7-10(18)17-5-8(11(19)20)9(6-17)12(13,14)15/h8-9H,3-7H2,1-2H3,(H,19,20)/t8-,9-/m1/s1. The molecule has 20 heavy (non-hydrogen) atoms. The number of likely N-dealkylation sites (tertiary alicyclic amines) is 1. The molecule has 1 rings (SSSR count). The van der Waals surface area contributed by atoms with Crippen LogP contribution in [0, 0.1) is 11.8 Å². The molecule has 1 amide bonds. The summed E-state index contributed by atoms with van der Waals surface area (Å²) in [5.41, 5.74) is 0. The van der Waals surface area contributed by atoms with Gasteiger partial charge < -0.3 is 10.0 Å². The summed E-state index contributed by atoms with van der Waals surface area (Å²) in [6.45, 7) is 1.64. The van der Waals surface area contributed by atoms with Crippen molar-refractivity contribution in [1.82, 2.24) is 9.80 Å². The van der Waals surface area contributed by atoms with Crippen molar-refractivity contribution in [3.8, 4) is 0 Å². The fraction of sp³-hybridized carbons (Fsp3) is 0.833. The van der Waals surface area contributed by atoms with Gasteiger partial charge in [-0.25, -0.2) is 0 Å². The Balaban J connectivity index is 2.70. The van der Waals surface area contributed by atoms with Gasteiger partial charge in [-0.1, -0.05) is 6.92 Å². The van der Waals surface area contributed by atoms with Crippen molar-refractivity contribution in [2.45, 2.75) is 19.5 Å². The number of alkyl halides is 3. The number of aliphatic carboxylic acids is 1. The molecule has 1 aliphatic heterocycles. The van der Waals surface area contributed by atoms with Crippen molar-refractivity contribution in [1.29, 1.82) is 0 Å². The Morgan fingerprint density at radius 1 is 1.35 bits per heavy atom. The van der Waals surface area contributed by atoms with Crippen molar-refractivity contribution in [3.05, 3.63) is 0 Å². The summed E-state index contributed by atoms with van der Waals surface area (Å²) >= 11 is 0. The van der Waals surface area contributed by atoms with Crippen molar-refractivity contribution in [2.75, 3.05) is 33.2 Å². The molecule has 0 radical (unpaired) electrons. The lowest BCUT2D eigenvalue weighted by molar-refractivity contribution is -0.188. The number of carboxylic acid groups (broad SMARTS) is 1. The zero-order valence-corrected chi connectivity index (χ0v) is 11.5. The summed E-state index contributed by atoms with van der Waals surface area (Å²) in [6, 6.07) is 0. The fourth-order valence-corrected chi connectivity index (χ4v) is 2.38. The third-order valence-corrected chi connectivity index (χ3v) is 3.42. The maximum atomic E-state index is 12.8. The van der Waals surface area contributed by atoms with Gasteiger partial charge in [0, 0.05) is 13.1 Å². The topological polar surface area (TPSA) is 60.9 Å². The normalized spacial score (nSPS) is 23.4.